The van der Waals surface area contributed by atoms with Crippen LogP contribution in [-0.2, 0) is 19.1 Å². The van der Waals surface area contributed by atoms with Gasteiger partial charge in [-0.1, -0.05) is 23.5 Å². The van der Waals surface area contributed by atoms with Crippen LogP contribution in [0.15, 0.2) is 24.3 Å². The first-order valence-electron chi connectivity index (χ1n) is 7.91. The van der Waals surface area contributed by atoms with Gasteiger partial charge in [0.05, 0.1) is 5.56 Å². The predicted molar refractivity (Wildman–Crippen MR) is 89.5 cm³/mol. The number of hydrogen-bond donors (Lipinski definition) is 1. The summed E-state index contributed by atoms with van der Waals surface area (Å²) in [6, 6.07) is 5.08. The lowest BCUT2D eigenvalue weighted by molar-refractivity contribution is -0.292. The molecule has 0 spiro atoms. The van der Waals surface area contributed by atoms with Gasteiger partial charge < -0.3 is 5.11 Å². The van der Waals surface area contributed by atoms with Gasteiger partial charge in [0, 0.05) is 12.6 Å². The number of alkyl halides is 8. The van der Waals surface area contributed by atoms with E-state index < -0.39 is 46.2 Å². The summed E-state index contributed by atoms with van der Waals surface area (Å²) in [5.74, 6) is -7.17. The van der Waals surface area contributed by atoms with Crippen molar-refractivity contribution in [3.63, 3.8) is 0 Å². The molecule has 0 aliphatic heterocycles. The van der Waals surface area contributed by atoms with Crippen LogP contribution >= 0.6 is 11.3 Å². The molecule has 0 saturated heterocycles. The molecule has 0 amide bonds. The van der Waals surface area contributed by atoms with Crippen LogP contribution in [0.25, 0.3) is 21.3 Å². The van der Waals surface area contributed by atoms with Gasteiger partial charge in [-0.15, -0.1) is 10.2 Å². The maximum atomic E-state index is 13.8. The molecule has 166 valence electrons. The molecule has 6 nitrogen and oxygen atoms in total. The number of halogens is 8. The SMILES string of the molecule is Cn1nc(C(F)(F)C(F)(F)F)c(C(F)(F)F)c1-c1nnc(-c2cccc(C(=O)O)c2)s1. The molecule has 0 aliphatic carbocycles. The molecule has 3 aromatic rings. The number of hydrogen-bond acceptors (Lipinski definition) is 5. The monoisotopic (exact) mass is 472 g/mol. The molecule has 15 heteroatoms. The van der Waals surface area contributed by atoms with Crippen LogP contribution in [0.1, 0.15) is 21.6 Å². The number of rotatable bonds is 4. The second-order valence-electron chi connectivity index (χ2n) is 6.06. The smallest absolute Gasteiger partial charge is 0.459 e. The summed E-state index contributed by atoms with van der Waals surface area (Å²) in [6.45, 7) is 0. The summed E-state index contributed by atoms with van der Waals surface area (Å²) in [5, 5.41) is 18.2. The van der Waals surface area contributed by atoms with Crippen LogP contribution in [0.4, 0.5) is 35.1 Å². The lowest BCUT2D eigenvalue weighted by Crippen LogP contribution is -2.36. The number of carboxylic acids is 1. The van der Waals surface area contributed by atoms with Crippen molar-refractivity contribution in [2.45, 2.75) is 18.3 Å². The molecule has 31 heavy (non-hydrogen) atoms. The molecule has 0 bridgehead atoms. The van der Waals surface area contributed by atoms with Gasteiger partial charge in [0.1, 0.15) is 16.3 Å². The zero-order valence-corrected chi connectivity index (χ0v) is 15.7. The standard InChI is InChI=1S/C16H8F8N4O2S/c1-28-9(8(15(19,20)21)10(27-28)14(17,18)16(22,23)24)12-26-25-11(31-12)6-3-2-4-7(5-6)13(29)30/h2-5H,1H3,(H,29,30). The second kappa shape index (κ2) is 7.25. The molecule has 0 atom stereocenters. The van der Waals surface area contributed by atoms with E-state index in [1.54, 1.807) is 0 Å². The van der Waals surface area contributed by atoms with Gasteiger partial charge >= 0.3 is 24.2 Å². The number of benzene rings is 1. The Labute approximate surface area is 170 Å². The Morgan fingerprint density at radius 3 is 2.19 bits per heavy atom. The Bertz CT molecular complexity index is 1150. The molecular weight excluding hydrogens is 464 g/mol. The van der Waals surface area contributed by atoms with Gasteiger partial charge in [0.2, 0.25) is 0 Å². The average molecular weight is 472 g/mol. The number of aromatic nitrogens is 4. The van der Waals surface area contributed by atoms with Gasteiger partial charge in [0.15, 0.2) is 10.7 Å². The van der Waals surface area contributed by atoms with Crippen LogP contribution in [-0.4, -0.2) is 37.2 Å². The van der Waals surface area contributed by atoms with E-state index in [0.717, 1.165) is 13.1 Å². The maximum absolute atomic E-state index is 13.8. The lowest BCUT2D eigenvalue weighted by Gasteiger charge is -2.19. The minimum absolute atomic E-state index is 0.0865. The van der Waals surface area contributed by atoms with Crippen LogP contribution in [0.3, 0.4) is 0 Å². The highest BCUT2D eigenvalue weighted by Gasteiger charge is 2.64. The lowest BCUT2D eigenvalue weighted by atomic mass is 10.1. The van der Waals surface area contributed by atoms with Crippen molar-refractivity contribution in [2.75, 3.05) is 0 Å². The summed E-state index contributed by atoms with van der Waals surface area (Å²) in [5.41, 5.74) is -5.96. The highest BCUT2D eigenvalue weighted by Crippen LogP contribution is 2.50. The van der Waals surface area contributed by atoms with Crippen LogP contribution in [0.5, 0.6) is 0 Å². The van der Waals surface area contributed by atoms with E-state index in [4.69, 9.17) is 5.11 Å². The van der Waals surface area contributed by atoms with Gasteiger partial charge in [-0.3, -0.25) is 4.68 Å². The molecule has 0 saturated carbocycles. The van der Waals surface area contributed by atoms with E-state index in [2.05, 4.69) is 15.3 Å². The number of carbonyl (C=O) groups is 1. The van der Waals surface area contributed by atoms with Crippen molar-refractivity contribution < 1.29 is 45.0 Å². The largest absolute Gasteiger partial charge is 0.478 e. The topological polar surface area (TPSA) is 80.9 Å². The molecule has 1 aromatic carbocycles. The third-order valence-electron chi connectivity index (χ3n) is 3.97. The number of nitrogens with zero attached hydrogens (tertiary/aromatic N) is 4. The van der Waals surface area contributed by atoms with Crippen molar-refractivity contribution in [1.82, 2.24) is 20.0 Å². The fourth-order valence-electron chi connectivity index (χ4n) is 2.61. The fraction of sp³-hybridized carbons (Fsp3) is 0.250. The highest BCUT2D eigenvalue weighted by molar-refractivity contribution is 7.17. The highest BCUT2D eigenvalue weighted by atomic mass is 32.1. The van der Waals surface area contributed by atoms with Crippen LogP contribution in [0.2, 0.25) is 0 Å². The molecule has 2 heterocycles. The first kappa shape index (κ1) is 22.6. The van der Waals surface area contributed by atoms with E-state index in [0.29, 0.717) is 11.3 Å². The quantitative estimate of drug-likeness (QED) is 0.542. The van der Waals surface area contributed by atoms with E-state index in [9.17, 15) is 39.9 Å². The Balaban J connectivity index is 2.19. The first-order chi connectivity index (χ1) is 14.1. The normalized spacial score (nSPS) is 12.9. The first-order valence-corrected chi connectivity index (χ1v) is 8.73. The molecule has 0 radical (unpaired) electrons. The average Bonchev–Trinajstić information content (AvgIpc) is 3.25. The minimum Gasteiger partial charge on any atom is -0.478 e. The summed E-state index contributed by atoms with van der Waals surface area (Å²) in [7, 11) is 0.757. The maximum Gasteiger partial charge on any atom is 0.459 e. The van der Waals surface area contributed by atoms with E-state index in [-0.39, 0.29) is 20.8 Å². The predicted octanol–water partition coefficient (Wildman–Crippen LogP) is 4.98. The van der Waals surface area contributed by atoms with E-state index in [1.807, 2.05) is 0 Å². The minimum atomic E-state index is -6.32. The van der Waals surface area contributed by atoms with Gasteiger partial charge in [-0.05, 0) is 12.1 Å². The van der Waals surface area contributed by atoms with Crippen molar-refractivity contribution in [3.05, 3.63) is 41.1 Å². The molecule has 0 aliphatic rings. The number of aryl methyl sites for hydroxylation is 1. The Morgan fingerprint density at radius 1 is 1.03 bits per heavy atom. The molecule has 0 unspecified atom stereocenters. The Hall–Kier alpha value is -3.10. The third kappa shape index (κ3) is 3.96. The van der Waals surface area contributed by atoms with Crippen molar-refractivity contribution in [1.29, 1.82) is 0 Å². The van der Waals surface area contributed by atoms with Gasteiger partial charge in [-0.25, -0.2) is 4.79 Å². The van der Waals surface area contributed by atoms with Crippen molar-refractivity contribution in [3.8, 4) is 21.3 Å². The summed E-state index contributed by atoms with van der Waals surface area (Å²) in [6.07, 6.45) is -11.9. The third-order valence-corrected chi connectivity index (χ3v) is 4.95. The second-order valence-corrected chi connectivity index (χ2v) is 7.04. The number of aromatic carboxylic acids is 1. The zero-order chi connectivity index (χ0) is 23.4. The van der Waals surface area contributed by atoms with Crippen molar-refractivity contribution >= 4 is 17.3 Å². The molecule has 1 N–H and O–H groups in total. The molecule has 2 aromatic heterocycles. The fourth-order valence-corrected chi connectivity index (χ4v) is 3.53. The molecule has 3 rings (SSSR count). The van der Waals surface area contributed by atoms with Crippen molar-refractivity contribution in [2.24, 2.45) is 7.05 Å². The Kier molecular flexibility index (Phi) is 5.28. The van der Waals surface area contributed by atoms with Crippen LogP contribution < -0.4 is 0 Å². The number of carboxylic acid groups (broad SMARTS) is 1. The Morgan fingerprint density at radius 2 is 1.65 bits per heavy atom. The summed E-state index contributed by atoms with van der Waals surface area (Å²) >= 11 is 0.433. The summed E-state index contributed by atoms with van der Waals surface area (Å²) in [4.78, 5) is 11.1. The molecular formula is C16H8F8N4O2S. The van der Waals surface area contributed by atoms with Gasteiger partial charge in [-0.2, -0.15) is 40.2 Å². The van der Waals surface area contributed by atoms with E-state index >= 15 is 0 Å². The zero-order valence-electron chi connectivity index (χ0n) is 14.9. The van der Waals surface area contributed by atoms with Gasteiger partial charge in [0.25, 0.3) is 0 Å². The van der Waals surface area contributed by atoms with E-state index in [1.165, 1.54) is 18.2 Å². The molecule has 0 fully saturated rings. The summed E-state index contributed by atoms with van der Waals surface area (Å²) < 4.78 is 107. The van der Waals surface area contributed by atoms with Crippen LogP contribution in [0, 0.1) is 0 Å².